The van der Waals surface area contributed by atoms with Gasteiger partial charge in [-0.25, -0.2) is 0 Å². The van der Waals surface area contributed by atoms with Crippen molar-refractivity contribution >= 4 is 17.4 Å². The lowest BCUT2D eigenvalue weighted by Gasteiger charge is -2.07. The number of rotatable bonds is 3. The van der Waals surface area contributed by atoms with E-state index in [1.54, 1.807) is 6.07 Å². The number of ether oxygens (including phenoxy) is 1. The molecule has 4 nitrogen and oxygen atoms in total. The van der Waals surface area contributed by atoms with Crippen LogP contribution in [0.4, 0.5) is 5.82 Å². The van der Waals surface area contributed by atoms with Crippen LogP contribution < -0.4 is 10.5 Å². The van der Waals surface area contributed by atoms with Gasteiger partial charge in [-0.2, -0.15) is 0 Å². The van der Waals surface area contributed by atoms with E-state index >= 15 is 0 Å². The fourth-order valence-corrected chi connectivity index (χ4v) is 1.68. The molecule has 1 aromatic heterocycles. The summed E-state index contributed by atoms with van der Waals surface area (Å²) in [4.78, 5) is 0. The second-order valence-corrected chi connectivity index (χ2v) is 3.81. The second-order valence-electron chi connectivity index (χ2n) is 3.43. The highest BCUT2D eigenvalue weighted by molar-refractivity contribution is 6.29. The molecule has 1 heterocycles. The van der Waals surface area contributed by atoms with Crippen molar-refractivity contribution in [2.24, 2.45) is 0 Å². The van der Waals surface area contributed by atoms with Crippen LogP contribution in [0.2, 0.25) is 5.15 Å². The molecule has 0 saturated carbocycles. The number of anilines is 1. The van der Waals surface area contributed by atoms with Gasteiger partial charge in [-0.05, 0) is 30.7 Å². The number of nitrogens with two attached hydrogens (primary N) is 1. The van der Waals surface area contributed by atoms with Crippen molar-refractivity contribution in [3.63, 3.8) is 0 Å². The van der Waals surface area contributed by atoms with Crippen LogP contribution in [-0.2, 0) is 0 Å². The summed E-state index contributed by atoms with van der Waals surface area (Å²) in [6.45, 7) is 2.56. The lowest BCUT2D eigenvalue weighted by atomic mass is 10.1. The van der Waals surface area contributed by atoms with Gasteiger partial charge in [0.05, 0.1) is 6.61 Å². The number of benzene rings is 1. The van der Waals surface area contributed by atoms with Crippen LogP contribution in [0.3, 0.4) is 0 Å². The first-order chi connectivity index (χ1) is 8.20. The summed E-state index contributed by atoms with van der Waals surface area (Å²) in [5.41, 5.74) is 7.44. The Morgan fingerprint density at radius 1 is 1.29 bits per heavy atom. The van der Waals surface area contributed by atoms with Crippen LogP contribution in [0.15, 0.2) is 30.3 Å². The Hall–Kier alpha value is -1.81. The quantitative estimate of drug-likeness (QED) is 0.909. The average molecular weight is 250 g/mol. The third kappa shape index (κ3) is 2.65. The van der Waals surface area contributed by atoms with Crippen molar-refractivity contribution < 1.29 is 4.74 Å². The standard InChI is InChI=1S/C12H12ClN3O/c1-2-17-9-5-3-4-8(6-9)10-7-11(13)15-16-12(10)14/h3-7H,2H2,1H3,(H2,14,16). The third-order valence-corrected chi connectivity index (χ3v) is 2.43. The Kier molecular flexibility index (Phi) is 3.44. The first-order valence-corrected chi connectivity index (χ1v) is 5.60. The summed E-state index contributed by atoms with van der Waals surface area (Å²) >= 11 is 5.81. The number of hydrogen-bond donors (Lipinski definition) is 1. The van der Waals surface area contributed by atoms with Gasteiger partial charge in [-0.1, -0.05) is 23.7 Å². The number of halogens is 1. The van der Waals surface area contributed by atoms with Gasteiger partial charge < -0.3 is 10.5 Å². The van der Waals surface area contributed by atoms with Crippen LogP contribution in [0.1, 0.15) is 6.92 Å². The molecule has 0 atom stereocenters. The maximum Gasteiger partial charge on any atom is 0.154 e. The molecule has 5 heteroatoms. The lowest BCUT2D eigenvalue weighted by Crippen LogP contribution is -1.97. The van der Waals surface area contributed by atoms with E-state index in [1.807, 2.05) is 31.2 Å². The van der Waals surface area contributed by atoms with Crippen molar-refractivity contribution in [2.75, 3.05) is 12.3 Å². The average Bonchev–Trinajstić information content (AvgIpc) is 2.33. The van der Waals surface area contributed by atoms with Crippen LogP contribution >= 0.6 is 11.6 Å². The summed E-state index contributed by atoms with van der Waals surface area (Å²) in [5.74, 6) is 1.14. The Morgan fingerprint density at radius 2 is 2.12 bits per heavy atom. The van der Waals surface area contributed by atoms with E-state index in [4.69, 9.17) is 22.1 Å². The molecule has 0 aliphatic carbocycles. The van der Waals surface area contributed by atoms with Crippen molar-refractivity contribution in [3.8, 4) is 16.9 Å². The van der Waals surface area contributed by atoms with E-state index < -0.39 is 0 Å². The van der Waals surface area contributed by atoms with Crippen molar-refractivity contribution in [3.05, 3.63) is 35.5 Å². The highest BCUT2D eigenvalue weighted by Gasteiger charge is 2.06. The predicted octanol–water partition coefficient (Wildman–Crippen LogP) is 2.78. The molecule has 0 fully saturated rings. The Balaban J connectivity index is 2.45. The van der Waals surface area contributed by atoms with Gasteiger partial charge >= 0.3 is 0 Å². The Labute approximate surface area is 104 Å². The topological polar surface area (TPSA) is 61.0 Å². The molecule has 0 aliphatic rings. The molecule has 1 aromatic carbocycles. The monoisotopic (exact) mass is 249 g/mol. The molecule has 2 N–H and O–H groups in total. The summed E-state index contributed by atoms with van der Waals surface area (Å²) < 4.78 is 5.43. The summed E-state index contributed by atoms with van der Waals surface area (Å²) in [7, 11) is 0. The largest absolute Gasteiger partial charge is 0.494 e. The van der Waals surface area contributed by atoms with E-state index in [-0.39, 0.29) is 0 Å². The molecule has 0 spiro atoms. The minimum Gasteiger partial charge on any atom is -0.494 e. The molecule has 0 bridgehead atoms. The van der Waals surface area contributed by atoms with E-state index in [1.165, 1.54) is 0 Å². The zero-order valence-electron chi connectivity index (χ0n) is 9.35. The zero-order chi connectivity index (χ0) is 12.3. The molecule has 2 aromatic rings. The Morgan fingerprint density at radius 3 is 2.88 bits per heavy atom. The van der Waals surface area contributed by atoms with Gasteiger partial charge in [0.25, 0.3) is 0 Å². The van der Waals surface area contributed by atoms with Crippen LogP contribution in [-0.4, -0.2) is 16.8 Å². The molecule has 0 aliphatic heterocycles. The lowest BCUT2D eigenvalue weighted by molar-refractivity contribution is 0.340. The molecular formula is C12H12ClN3O. The van der Waals surface area contributed by atoms with Crippen LogP contribution in [0.25, 0.3) is 11.1 Å². The molecule has 0 saturated heterocycles. The molecule has 0 radical (unpaired) electrons. The van der Waals surface area contributed by atoms with E-state index in [0.717, 1.165) is 16.9 Å². The first kappa shape index (κ1) is 11.7. The fraction of sp³-hybridized carbons (Fsp3) is 0.167. The maximum atomic E-state index is 5.81. The predicted molar refractivity (Wildman–Crippen MR) is 68.1 cm³/mol. The van der Waals surface area contributed by atoms with E-state index in [0.29, 0.717) is 17.6 Å². The molecule has 0 unspecified atom stereocenters. The highest BCUT2D eigenvalue weighted by atomic mass is 35.5. The normalized spacial score (nSPS) is 10.2. The second kappa shape index (κ2) is 5.01. The highest BCUT2D eigenvalue weighted by Crippen LogP contribution is 2.28. The molecular weight excluding hydrogens is 238 g/mol. The van der Waals surface area contributed by atoms with Gasteiger partial charge in [-0.15, -0.1) is 10.2 Å². The molecule has 88 valence electrons. The smallest absolute Gasteiger partial charge is 0.154 e. The van der Waals surface area contributed by atoms with Gasteiger partial charge in [-0.3, -0.25) is 0 Å². The van der Waals surface area contributed by atoms with Gasteiger partial charge in [0.15, 0.2) is 11.0 Å². The first-order valence-electron chi connectivity index (χ1n) is 5.22. The third-order valence-electron chi connectivity index (χ3n) is 2.25. The zero-order valence-corrected chi connectivity index (χ0v) is 10.1. The Bertz CT molecular complexity index is 531. The van der Waals surface area contributed by atoms with E-state index in [2.05, 4.69) is 10.2 Å². The number of nitrogens with zero attached hydrogens (tertiary/aromatic N) is 2. The fourth-order valence-electron chi connectivity index (χ4n) is 1.53. The van der Waals surface area contributed by atoms with Gasteiger partial charge in [0.2, 0.25) is 0 Å². The summed E-state index contributed by atoms with van der Waals surface area (Å²) in [5, 5.41) is 7.78. The summed E-state index contributed by atoms with van der Waals surface area (Å²) in [6.07, 6.45) is 0. The molecule has 17 heavy (non-hydrogen) atoms. The van der Waals surface area contributed by atoms with Crippen molar-refractivity contribution in [1.82, 2.24) is 10.2 Å². The number of nitrogen functional groups attached to an aromatic ring is 1. The minimum atomic E-state index is 0.316. The minimum absolute atomic E-state index is 0.316. The van der Waals surface area contributed by atoms with Crippen LogP contribution in [0.5, 0.6) is 5.75 Å². The summed E-state index contributed by atoms with van der Waals surface area (Å²) in [6, 6.07) is 9.29. The van der Waals surface area contributed by atoms with E-state index in [9.17, 15) is 0 Å². The van der Waals surface area contributed by atoms with Gasteiger partial charge in [0.1, 0.15) is 5.75 Å². The molecule has 0 amide bonds. The maximum absolute atomic E-state index is 5.81. The van der Waals surface area contributed by atoms with Gasteiger partial charge in [0, 0.05) is 5.56 Å². The molecule has 2 rings (SSSR count). The van der Waals surface area contributed by atoms with Crippen molar-refractivity contribution in [2.45, 2.75) is 6.92 Å². The number of hydrogen-bond acceptors (Lipinski definition) is 4. The number of aromatic nitrogens is 2. The SMILES string of the molecule is CCOc1cccc(-c2cc(Cl)nnc2N)c1. The van der Waals surface area contributed by atoms with Crippen LogP contribution in [0, 0.1) is 0 Å². The van der Waals surface area contributed by atoms with Crippen molar-refractivity contribution in [1.29, 1.82) is 0 Å².